The van der Waals surface area contributed by atoms with Gasteiger partial charge in [-0.15, -0.1) is 11.6 Å². The molecule has 0 saturated heterocycles. The highest BCUT2D eigenvalue weighted by molar-refractivity contribution is 9.13. The maximum Gasteiger partial charge on any atom is 0.476 e. The summed E-state index contributed by atoms with van der Waals surface area (Å²) in [6.45, 7) is 0. The van der Waals surface area contributed by atoms with E-state index in [9.17, 15) is 4.57 Å². The van der Waals surface area contributed by atoms with Crippen LogP contribution in [0.15, 0.2) is 0 Å². The van der Waals surface area contributed by atoms with Crippen LogP contribution >= 0.6 is 62.9 Å². The predicted octanol–water partition coefficient (Wildman–Crippen LogP) is 3.65. The number of rotatable bonds is 5. The van der Waals surface area contributed by atoms with E-state index in [4.69, 9.17) is 27.7 Å². The summed E-state index contributed by atoms with van der Waals surface area (Å²) in [5.41, 5.74) is 0. The Morgan fingerprint density at radius 1 is 1.46 bits per heavy atom. The van der Waals surface area contributed by atoms with Gasteiger partial charge >= 0.3 is 7.82 Å². The molecule has 0 aromatic rings. The monoisotopic (exact) mass is 378 g/mol. The summed E-state index contributed by atoms with van der Waals surface area (Å²) in [5.74, 6) is 0. The van der Waals surface area contributed by atoms with Crippen molar-refractivity contribution in [3.8, 4) is 0 Å². The average molecular weight is 381 g/mol. The van der Waals surface area contributed by atoms with Crippen LogP contribution in [0.4, 0.5) is 0 Å². The Kier molecular flexibility index (Phi) is 6.38. The maximum absolute atomic E-state index is 11.4. The van der Waals surface area contributed by atoms with Crippen molar-refractivity contribution in [2.75, 3.05) is 14.2 Å². The minimum Gasteiger partial charge on any atom is -0.290 e. The highest BCUT2D eigenvalue weighted by Gasteiger charge is 2.41. The summed E-state index contributed by atoms with van der Waals surface area (Å²) in [6, 6.07) is 0. The molecule has 0 aliphatic heterocycles. The van der Waals surface area contributed by atoms with Crippen molar-refractivity contribution in [1.29, 1.82) is 0 Å². The lowest BCUT2D eigenvalue weighted by atomic mass is 10.9. The Labute approximate surface area is 103 Å². The van der Waals surface area contributed by atoms with Crippen LogP contribution in [0.1, 0.15) is 0 Å². The number of phosphoric acid groups is 1. The van der Waals surface area contributed by atoms with E-state index in [1.807, 2.05) is 0 Å². The summed E-state index contributed by atoms with van der Waals surface area (Å²) in [4.78, 5) is 0. The zero-order valence-corrected chi connectivity index (χ0v) is 12.2. The number of alkyl halides is 4. The normalized spacial score (nSPS) is 19.5. The van der Waals surface area contributed by atoms with Crippen LogP contribution in [0.3, 0.4) is 0 Å². The van der Waals surface area contributed by atoms with E-state index >= 15 is 0 Å². The summed E-state index contributed by atoms with van der Waals surface area (Å²) in [7, 11) is -1.31. The molecular weight excluding hydrogens is 374 g/mol. The molecule has 0 aliphatic carbocycles. The van der Waals surface area contributed by atoms with Gasteiger partial charge in [-0.3, -0.25) is 13.6 Å². The fraction of sp³-hybridized carbons (Fsp3) is 1.00. The quantitative estimate of drug-likeness (QED) is 0.539. The van der Waals surface area contributed by atoms with Crippen LogP contribution in [0.25, 0.3) is 0 Å². The van der Waals surface area contributed by atoms with Crippen molar-refractivity contribution in [3.05, 3.63) is 0 Å². The van der Waals surface area contributed by atoms with Crippen molar-refractivity contribution in [2.45, 2.75) is 8.26 Å². The average Bonchev–Trinajstić information content (AvgIpc) is 2.03. The Morgan fingerprint density at radius 2 is 1.85 bits per heavy atom. The Hall–Kier alpha value is 1.65. The fourth-order valence-electron chi connectivity index (χ4n) is 0.338. The van der Waals surface area contributed by atoms with E-state index in [2.05, 4.69) is 40.9 Å². The van der Waals surface area contributed by atoms with Gasteiger partial charge in [-0.2, -0.15) is 0 Å². The lowest BCUT2D eigenvalue weighted by Gasteiger charge is -2.24. The third-order valence-corrected chi connectivity index (χ3v) is 5.82. The first kappa shape index (κ1) is 14.6. The lowest BCUT2D eigenvalue weighted by Crippen LogP contribution is -2.24. The van der Waals surface area contributed by atoms with E-state index in [0.717, 1.165) is 0 Å². The van der Waals surface area contributed by atoms with E-state index in [1.165, 1.54) is 14.2 Å². The maximum atomic E-state index is 11.4. The molecular formula is C4H7Br2Cl2O4P. The van der Waals surface area contributed by atoms with Crippen LogP contribution in [-0.4, -0.2) is 22.5 Å². The fourth-order valence-corrected chi connectivity index (χ4v) is 2.17. The molecule has 0 amide bonds. The molecule has 0 aromatic heterocycles. The SMILES string of the molecule is COP(=O)(OC)OC(Cl)(Br)C(Cl)Br. The smallest absolute Gasteiger partial charge is 0.290 e. The molecule has 9 heteroatoms. The van der Waals surface area contributed by atoms with Gasteiger partial charge in [0.1, 0.15) is 4.29 Å². The second-order valence-corrected chi connectivity index (χ2v) is 7.65. The van der Waals surface area contributed by atoms with Crippen LogP contribution in [0.5, 0.6) is 0 Å². The first-order chi connectivity index (χ1) is 5.77. The standard InChI is InChI=1S/C4H7Br2Cl2O4P/c1-10-13(9,11-2)12-4(6,8)3(5)7/h3H,1-2H3. The molecule has 0 heterocycles. The molecule has 0 rings (SSSR count). The predicted molar refractivity (Wildman–Crippen MR) is 58.8 cm³/mol. The first-order valence-electron chi connectivity index (χ1n) is 2.85. The van der Waals surface area contributed by atoms with Crippen molar-refractivity contribution in [2.24, 2.45) is 0 Å². The molecule has 0 spiro atoms. The van der Waals surface area contributed by atoms with Crippen LogP contribution in [0.2, 0.25) is 0 Å². The van der Waals surface area contributed by atoms with Gasteiger partial charge in [0, 0.05) is 14.2 Å². The minimum atomic E-state index is -3.65. The third-order valence-electron chi connectivity index (χ3n) is 0.935. The van der Waals surface area contributed by atoms with Crippen molar-refractivity contribution < 1.29 is 18.1 Å². The van der Waals surface area contributed by atoms with Gasteiger partial charge in [-0.25, -0.2) is 4.57 Å². The number of hydrogen-bond donors (Lipinski definition) is 0. The largest absolute Gasteiger partial charge is 0.476 e. The Bertz CT molecular complexity index is 204. The first-order valence-corrected chi connectivity index (χ1v) is 6.84. The van der Waals surface area contributed by atoms with Gasteiger partial charge in [-0.05, 0) is 15.9 Å². The number of phosphoric ester groups is 1. The molecule has 0 fully saturated rings. The Morgan fingerprint density at radius 3 is 2.08 bits per heavy atom. The lowest BCUT2D eigenvalue weighted by molar-refractivity contribution is 0.134. The topological polar surface area (TPSA) is 44.8 Å². The van der Waals surface area contributed by atoms with Gasteiger partial charge in [0.2, 0.25) is 3.97 Å². The molecule has 0 N–H and O–H groups in total. The molecule has 4 nitrogen and oxygen atoms in total. The highest BCUT2D eigenvalue weighted by atomic mass is 79.9. The van der Waals surface area contributed by atoms with Crippen LogP contribution in [-0.2, 0) is 18.1 Å². The Balaban J connectivity index is 4.49. The van der Waals surface area contributed by atoms with Crippen LogP contribution < -0.4 is 0 Å². The van der Waals surface area contributed by atoms with Gasteiger partial charge in [0.15, 0.2) is 0 Å². The van der Waals surface area contributed by atoms with Gasteiger partial charge < -0.3 is 0 Å². The number of hydrogen-bond acceptors (Lipinski definition) is 4. The molecule has 13 heavy (non-hydrogen) atoms. The summed E-state index contributed by atoms with van der Waals surface area (Å²) in [5, 5.41) is 0. The summed E-state index contributed by atoms with van der Waals surface area (Å²) >= 11 is 17.1. The second kappa shape index (κ2) is 5.66. The molecule has 2 unspecified atom stereocenters. The number of halogens is 4. The van der Waals surface area contributed by atoms with E-state index < -0.39 is 16.1 Å². The zero-order chi connectivity index (χ0) is 10.7. The van der Waals surface area contributed by atoms with Gasteiger partial charge in [-0.1, -0.05) is 27.5 Å². The zero-order valence-electron chi connectivity index (χ0n) is 6.67. The van der Waals surface area contributed by atoms with E-state index in [-0.39, 0.29) is 0 Å². The molecule has 0 aromatic carbocycles. The second-order valence-electron chi connectivity index (χ2n) is 1.77. The van der Waals surface area contributed by atoms with Crippen molar-refractivity contribution >= 4 is 62.9 Å². The third kappa shape index (κ3) is 4.80. The van der Waals surface area contributed by atoms with Crippen molar-refractivity contribution in [3.63, 3.8) is 0 Å². The highest BCUT2D eigenvalue weighted by Crippen LogP contribution is 2.56. The molecule has 0 aliphatic rings. The molecule has 80 valence electrons. The molecule has 0 saturated carbocycles. The van der Waals surface area contributed by atoms with Gasteiger partial charge in [0.05, 0.1) is 0 Å². The summed E-state index contributed by atoms with van der Waals surface area (Å²) in [6.07, 6.45) is 0. The molecule has 0 radical (unpaired) electrons. The minimum absolute atomic E-state index is 0.805. The molecule has 2 atom stereocenters. The van der Waals surface area contributed by atoms with Crippen molar-refractivity contribution in [1.82, 2.24) is 0 Å². The summed E-state index contributed by atoms with van der Waals surface area (Å²) < 4.78 is 22.8. The molecule has 0 bridgehead atoms. The van der Waals surface area contributed by atoms with Crippen LogP contribution in [0, 0.1) is 0 Å². The van der Waals surface area contributed by atoms with E-state index in [0.29, 0.717) is 0 Å². The van der Waals surface area contributed by atoms with E-state index in [1.54, 1.807) is 0 Å². The van der Waals surface area contributed by atoms with Gasteiger partial charge in [0.25, 0.3) is 0 Å².